The van der Waals surface area contributed by atoms with Crippen molar-refractivity contribution in [1.29, 1.82) is 0 Å². The first-order chi connectivity index (χ1) is 12.5. The molecule has 1 nitrogen and oxygen atoms in total. The number of rotatable bonds is 5. The molecule has 0 unspecified atom stereocenters. The smallest absolute Gasteiger partial charge is 0.0937 e. The zero-order valence-electron chi connectivity index (χ0n) is 14.9. The maximum absolute atomic E-state index is 6.18. The SMILES string of the molecule is Cc1cc(Cl)sc1-c1ccc(-c2sc(-c3ccc(CCN)s3)cc2C)s1.I. The third-order valence-electron chi connectivity index (χ3n) is 4.15. The third kappa shape index (κ3) is 4.52. The second-order valence-electron chi connectivity index (χ2n) is 6.15. The topological polar surface area (TPSA) is 26.0 Å². The van der Waals surface area contributed by atoms with E-state index >= 15 is 0 Å². The van der Waals surface area contributed by atoms with Gasteiger partial charge in [-0.2, -0.15) is 0 Å². The van der Waals surface area contributed by atoms with E-state index in [-0.39, 0.29) is 24.0 Å². The summed E-state index contributed by atoms with van der Waals surface area (Å²) in [5.74, 6) is 0. The molecule has 7 heteroatoms. The Kier molecular flexibility index (Phi) is 7.22. The van der Waals surface area contributed by atoms with Crippen LogP contribution in [0.15, 0.2) is 36.4 Å². The van der Waals surface area contributed by atoms with Gasteiger partial charge in [-0.1, -0.05) is 11.6 Å². The predicted molar refractivity (Wildman–Crippen MR) is 137 cm³/mol. The minimum absolute atomic E-state index is 0. The highest BCUT2D eigenvalue weighted by atomic mass is 127. The van der Waals surface area contributed by atoms with Crippen LogP contribution >= 0.6 is 80.9 Å². The van der Waals surface area contributed by atoms with Crippen LogP contribution in [0.5, 0.6) is 0 Å². The zero-order valence-corrected chi connectivity index (χ0v) is 21.2. The fourth-order valence-corrected chi connectivity index (χ4v) is 7.83. The van der Waals surface area contributed by atoms with E-state index < -0.39 is 0 Å². The molecule has 4 heterocycles. The van der Waals surface area contributed by atoms with E-state index in [2.05, 4.69) is 44.2 Å². The molecule has 0 spiro atoms. The largest absolute Gasteiger partial charge is 0.330 e. The fraction of sp³-hybridized carbons (Fsp3) is 0.200. The second-order valence-corrected chi connectivity index (χ2v) is 11.1. The highest BCUT2D eigenvalue weighted by molar-refractivity contribution is 14.0. The van der Waals surface area contributed by atoms with Crippen molar-refractivity contribution in [2.75, 3.05) is 6.54 Å². The van der Waals surface area contributed by atoms with E-state index in [9.17, 15) is 0 Å². The number of thiophene rings is 4. The van der Waals surface area contributed by atoms with Crippen molar-refractivity contribution >= 4 is 80.9 Å². The van der Waals surface area contributed by atoms with E-state index in [0.717, 1.165) is 10.8 Å². The lowest BCUT2D eigenvalue weighted by Crippen LogP contribution is -2.00. The summed E-state index contributed by atoms with van der Waals surface area (Å²) in [6.07, 6.45) is 0.957. The minimum atomic E-state index is 0. The van der Waals surface area contributed by atoms with Crippen molar-refractivity contribution in [3.05, 3.63) is 56.7 Å². The first kappa shape index (κ1) is 21.5. The average Bonchev–Trinajstić information content (AvgIpc) is 3.34. The van der Waals surface area contributed by atoms with Crippen LogP contribution in [-0.4, -0.2) is 6.54 Å². The van der Waals surface area contributed by atoms with Crippen LogP contribution in [0.25, 0.3) is 29.3 Å². The van der Waals surface area contributed by atoms with Crippen LogP contribution in [0.4, 0.5) is 0 Å². The molecule has 0 aliphatic heterocycles. The zero-order chi connectivity index (χ0) is 18.3. The Bertz CT molecular complexity index is 1060. The first-order valence-corrected chi connectivity index (χ1v) is 12.0. The van der Waals surface area contributed by atoms with Gasteiger partial charge in [-0.15, -0.1) is 69.3 Å². The van der Waals surface area contributed by atoms with Gasteiger partial charge in [0.05, 0.1) is 4.34 Å². The van der Waals surface area contributed by atoms with Crippen LogP contribution in [0.1, 0.15) is 16.0 Å². The highest BCUT2D eigenvalue weighted by Crippen LogP contribution is 2.46. The Morgan fingerprint density at radius 1 is 0.778 bits per heavy atom. The van der Waals surface area contributed by atoms with E-state index in [0.29, 0.717) is 6.54 Å². The lowest BCUT2D eigenvalue weighted by atomic mass is 10.2. The lowest BCUT2D eigenvalue weighted by Gasteiger charge is -1.95. The third-order valence-corrected chi connectivity index (χ3v) is 9.54. The highest BCUT2D eigenvalue weighted by Gasteiger charge is 2.15. The molecule has 0 fully saturated rings. The number of halogens is 2. The Morgan fingerprint density at radius 3 is 2.04 bits per heavy atom. The second kappa shape index (κ2) is 9.07. The summed E-state index contributed by atoms with van der Waals surface area (Å²) >= 11 is 13.4. The van der Waals surface area contributed by atoms with Gasteiger partial charge in [0, 0.05) is 34.1 Å². The van der Waals surface area contributed by atoms with Crippen molar-refractivity contribution in [1.82, 2.24) is 0 Å². The van der Waals surface area contributed by atoms with Gasteiger partial charge in [-0.05, 0) is 74.3 Å². The average molecular weight is 564 g/mol. The molecule has 4 aromatic rings. The molecule has 4 rings (SSSR count). The summed E-state index contributed by atoms with van der Waals surface area (Å²) in [6, 6.07) is 13.2. The summed E-state index contributed by atoms with van der Waals surface area (Å²) in [6.45, 7) is 5.04. The Morgan fingerprint density at radius 2 is 1.41 bits per heavy atom. The first-order valence-electron chi connectivity index (χ1n) is 8.31. The van der Waals surface area contributed by atoms with Crippen LogP contribution in [0, 0.1) is 13.8 Å². The number of nitrogens with two attached hydrogens (primary N) is 1. The molecule has 0 atom stereocenters. The molecule has 4 aromatic heterocycles. The van der Waals surface area contributed by atoms with E-state index in [1.807, 2.05) is 40.1 Å². The van der Waals surface area contributed by atoms with Gasteiger partial charge >= 0.3 is 0 Å². The molecule has 2 N–H and O–H groups in total. The molecule has 142 valence electrons. The maximum Gasteiger partial charge on any atom is 0.0937 e. The molecule has 0 saturated heterocycles. The van der Waals surface area contributed by atoms with Gasteiger partial charge in [-0.25, -0.2) is 0 Å². The van der Waals surface area contributed by atoms with Crippen LogP contribution < -0.4 is 5.73 Å². The van der Waals surface area contributed by atoms with Crippen LogP contribution in [-0.2, 0) is 6.42 Å². The van der Waals surface area contributed by atoms with E-state index in [4.69, 9.17) is 17.3 Å². The normalized spacial score (nSPS) is 11.0. The van der Waals surface area contributed by atoms with Crippen molar-refractivity contribution < 1.29 is 0 Å². The summed E-state index contributed by atoms with van der Waals surface area (Å²) < 4.78 is 0.855. The van der Waals surface area contributed by atoms with Crippen LogP contribution in [0.2, 0.25) is 4.34 Å². The summed E-state index contributed by atoms with van der Waals surface area (Å²) in [7, 11) is 0. The molecule has 0 aliphatic carbocycles. The van der Waals surface area contributed by atoms with E-state index in [1.165, 1.54) is 45.3 Å². The van der Waals surface area contributed by atoms with Gasteiger partial charge in [0.1, 0.15) is 0 Å². The van der Waals surface area contributed by atoms with Crippen molar-refractivity contribution in [2.45, 2.75) is 20.3 Å². The van der Waals surface area contributed by atoms with Gasteiger partial charge in [0.2, 0.25) is 0 Å². The Hall–Kier alpha value is -0.220. The van der Waals surface area contributed by atoms with Gasteiger partial charge in [0.25, 0.3) is 0 Å². The molecular formula is C20H19ClINS4. The molecule has 0 saturated carbocycles. The summed E-state index contributed by atoms with van der Waals surface area (Å²) in [5.41, 5.74) is 8.27. The fourth-order valence-electron chi connectivity index (χ4n) is 2.90. The van der Waals surface area contributed by atoms with Crippen molar-refractivity contribution in [3.63, 3.8) is 0 Å². The van der Waals surface area contributed by atoms with E-state index in [1.54, 1.807) is 11.3 Å². The molecule has 0 amide bonds. The molecule has 27 heavy (non-hydrogen) atoms. The Balaban J connectivity index is 0.00000210. The molecule has 0 aromatic carbocycles. The number of aryl methyl sites for hydroxylation is 2. The van der Waals surface area contributed by atoms with Crippen LogP contribution in [0.3, 0.4) is 0 Å². The Labute approximate surface area is 197 Å². The lowest BCUT2D eigenvalue weighted by molar-refractivity contribution is 0.989. The van der Waals surface area contributed by atoms with Gasteiger partial charge in [0.15, 0.2) is 0 Å². The van der Waals surface area contributed by atoms with Crippen molar-refractivity contribution in [2.24, 2.45) is 5.73 Å². The van der Waals surface area contributed by atoms with Crippen molar-refractivity contribution in [3.8, 4) is 29.3 Å². The predicted octanol–water partition coefficient (Wildman–Crippen LogP) is 8.32. The minimum Gasteiger partial charge on any atom is -0.330 e. The molecule has 0 bridgehead atoms. The summed E-state index contributed by atoms with van der Waals surface area (Å²) in [5, 5.41) is 0. The number of hydrogen-bond donors (Lipinski definition) is 1. The number of hydrogen-bond acceptors (Lipinski definition) is 5. The standard InChI is InChI=1S/C20H18ClNS4.HI/c1-11-9-17(14-4-3-13(23-14)7-8-22)25-19(11)15-5-6-16(24-15)20-12(2)10-18(21)26-20;/h3-6,9-10H,7-8,22H2,1-2H3;1H. The van der Waals surface area contributed by atoms with Gasteiger partial charge in [-0.3, -0.25) is 0 Å². The molecule has 0 radical (unpaired) electrons. The molecular weight excluding hydrogens is 545 g/mol. The molecule has 0 aliphatic rings. The summed E-state index contributed by atoms with van der Waals surface area (Å²) in [4.78, 5) is 9.32. The van der Waals surface area contributed by atoms with Gasteiger partial charge < -0.3 is 5.73 Å². The maximum atomic E-state index is 6.18. The monoisotopic (exact) mass is 563 g/mol. The quantitative estimate of drug-likeness (QED) is 0.243.